The van der Waals surface area contributed by atoms with Crippen molar-refractivity contribution in [2.24, 2.45) is 5.92 Å². The third-order valence-corrected chi connectivity index (χ3v) is 4.67. The molecule has 1 fully saturated rings. The molecule has 21 heavy (non-hydrogen) atoms. The van der Waals surface area contributed by atoms with Gasteiger partial charge in [-0.05, 0) is 23.1 Å². The van der Waals surface area contributed by atoms with Gasteiger partial charge in [0.15, 0.2) is 0 Å². The van der Waals surface area contributed by atoms with Crippen LogP contribution in [0.1, 0.15) is 17.5 Å². The van der Waals surface area contributed by atoms with Crippen molar-refractivity contribution in [2.75, 3.05) is 6.61 Å². The van der Waals surface area contributed by atoms with Gasteiger partial charge in [0.25, 0.3) is 0 Å². The van der Waals surface area contributed by atoms with Gasteiger partial charge in [-0.2, -0.15) is 0 Å². The lowest BCUT2D eigenvalue weighted by atomic mass is 9.75. The first-order valence-corrected chi connectivity index (χ1v) is 7.29. The maximum absolute atomic E-state index is 12.2. The molecule has 0 aromatic heterocycles. The van der Waals surface area contributed by atoms with Crippen molar-refractivity contribution in [2.45, 2.75) is 11.8 Å². The minimum atomic E-state index is -0.288. The lowest BCUT2D eigenvalue weighted by Crippen LogP contribution is -2.29. The van der Waals surface area contributed by atoms with Crippen LogP contribution in [0.5, 0.6) is 0 Å². The van der Waals surface area contributed by atoms with Gasteiger partial charge in [-0.15, -0.1) is 0 Å². The van der Waals surface area contributed by atoms with E-state index in [1.807, 2.05) is 36.4 Å². The van der Waals surface area contributed by atoms with Gasteiger partial charge in [0.1, 0.15) is 6.61 Å². The van der Waals surface area contributed by atoms with Crippen LogP contribution in [-0.4, -0.2) is 12.6 Å². The molecule has 2 aliphatic rings. The normalized spacial score (nSPS) is 27.1. The fourth-order valence-corrected chi connectivity index (χ4v) is 3.57. The summed E-state index contributed by atoms with van der Waals surface area (Å²) in [6.07, 6.45) is 3.02. The molecule has 0 bridgehead atoms. The number of fused-ring (bicyclic) bond motifs is 1. The summed E-state index contributed by atoms with van der Waals surface area (Å²) in [6.45, 7) is 0.455. The molecule has 0 spiro atoms. The molecule has 1 saturated heterocycles. The highest BCUT2D eigenvalue weighted by Gasteiger charge is 2.53. The van der Waals surface area contributed by atoms with Gasteiger partial charge in [0.2, 0.25) is 0 Å². The summed E-state index contributed by atoms with van der Waals surface area (Å²) in [5, 5.41) is 0. The predicted octanol–water partition coefficient (Wildman–Crippen LogP) is 3.58. The Morgan fingerprint density at radius 2 is 1.62 bits per heavy atom. The van der Waals surface area contributed by atoms with E-state index >= 15 is 0 Å². The molecule has 1 heterocycles. The fraction of sp³-hybridized carbons (Fsp3) is 0.211. The molecule has 0 radical (unpaired) electrons. The number of ether oxygens (including phenoxy) is 1. The van der Waals surface area contributed by atoms with Crippen LogP contribution in [0, 0.1) is 5.92 Å². The Morgan fingerprint density at radius 1 is 0.952 bits per heavy atom. The molecule has 4 rings (SSSR count). The van der Waals surface area contributed by atoms with Crippen LogP contribution in [-0.2, 0) is 14.9 Å². The lowest BCUT2D eigenvalue weighted by Gasteiger charge is -2.24. The van der Waals surface area contributed by atoms with Crippen molar-refractivity contribution in [1.29, 1.82) is 0 Å². The fourth-order valence-electron chi connectivity index (χ4n) is 3.57. The van der Waals surface area contributed by atoms with Crippen LogP contribution in [0.15, 0.2) is 66.7 Å². The molecule has 2 nitrogen and oxygen atoms in total. The van der Waals surface area contributed by atoms with Gasteiger partial charge >= 0.3 is 5.97 Å². The van der Waals surface area contributed by atoms with Crippen molar-refractivity contribution in [3.8, 4) is 0 Å². The lowest BCUT2D eigenvalue weighted by molar-refractivity contribution is -0.141. The van der Waals surface area contributed by atoms with Crippen molar-refractivity contribution in [3.63, 3.8) is 0 Å². The highest BCUT2D eigenvalue weighted by molar-refractivity contribution is 5.86. The topological polar surface area (TPSA) is 26.3 Å². The Bertz CT molecular complexity index is 703. The number of benzene rings is 2. The van der Waals surface area contributed by atoms with Gasteiger partial charge in [-0.3, -0.25) is 4.79 Å². The minimum Gasteiger partial charge on any atom is -0.464 e. The Labute approximate surface area is 124 Å². The smallest absolute Gasteiger partial charge is 0.310 e. The number of rotatable bonds is 2. The van der Waals surface area contributed by atoms with Crippen molar-refractivity contribution >= 4 is 11.5 Å². The average Bonchev–Trinajstić information content (AvgIpc) is 3.08. The molecule has 2 atom stereocenters. The van der Waals surface area contributed by atoms with E-state index in [0.717, 1.165) is 6.42 Å². The molecule has 1 aliphatic heterocycles. The van der Waals surface area contributed by atoms with E-state index in [-0.39, 0.29) is 17.3 Å². The van der Waals surface area contributed by atoms with Crippen molar-refractivity contribution < 1.29 is 9.53 Å². The summed E-state index contributed by atoms with van der Waals surface area (Å²) in [5.41, 5.74) is 3.34. The third kappa shape index (κ3) is 1.83. The Morgan fingerprint density at radius 3 is 2.33 bits per heavy atom. The highest BCUT2D eigenvalue weighted by Crippen LogP contribution is 2.50. The summed E-state index contributed by atoms with van der Waals surface area (Å²) >= 11 is 0. The van der Waals surface area contributed by atoms with Crippen molar-refractivity contribution in [1.82, 2.24) is 0 Å². The summed E-state index contributed by atoms with van der Waals surface area (Å²) < 4.78 is 5.38. The number of cyclic esters (lactones) is 1. The number of hydrogen-bond donors (Lipinski definition) is 0. The standard InChI is InChI=1S/C19H16O2/c20-18-17-11-15(14-7-3-1-4-8-14)12-19(17,13-21-18)16-9-5-2-6-10-16/h1-10,12,17H,11,13H2. The van der Waals surface area contributed by atoms with Gasteiger partial charge in [0.05, 0.1) is 11.3 Å². The molecule has 104 valence electrons. The number of allylic oxidation sites excluding steroid dienone is 1. The quantitative estimate of drug-likeness (QED) is 0.784. The van der Waals surface area contributed by atoms with Crippen molar-refractivity contribution in [3.05, 3.63) is 77.9 Å². The maximum atomic E-state index is 12.2. The van der Waals surface area contributed by atoms with E-state index in [0.29, 0.717) is 6.61 Å². The Kier molecular flexibility index (Phi) is 2.71. The number of carbonyl (C=O) groups is 1. The zero-order chi connectivity index (χ0) is 14.3. The molecule has 0 saturated carbocycles. The van der Waals surface area contributed by atoms with Gasteiger partial charge in [-0.25, -0.2) is 0 Å². The second-order valence-electron chi connectivity index (χ2n) is 5.81. The van der Waals surface area contributed by atoms with Crippen LogP contribution in [0.25, 0.3) is 5.57 Å². The summed E-state index contributed by atoms with van der Waals surface area (Å²) in [6, 6.07) is 20.6. The molecular weight excluding hydrogens is 260 g/mol. The zero-order valence-electron chi connectivity index (χ0n) is 11.7. The first-order valence-electron chi connectivity index (χ1n) is 7.29. The number of carbonyl (C=O) groups excluding carboxylic acids is 1. The van der Waals surface area contributed by atoms with E-state index in [1.54, 1.807) is 0 Å². The molecule has 0 N–H and O–H groups in total. The van der Waals surface area contributed by atoms with E-state index in [4.69, 9.17) is 4.74 Å². The summed E-state index contributed by atoms with van der Waals surface area (Å²) in [4.78, 5) is 12.2. The SMILES string of the molecule is O=C1OCC2(c3ccccc3)C=C(c3ccccc3)CC12. The second kappa shape index (κ2) is 4.59. The molecule has 1 aliphatic carbocycles. The van der Waals surface area contributed by atoms with E-state index in [1.165, 1.54) is 16.7 Å². The Hall–Kier alpha value is -2.35. The summed E-state index contributed by atoms with van der Waals surface area (Å²) in [5.74, 6) is -0.156. The largest absolute Gasteiger partial charge is 0.464 e. The summed E-state index contributed by atoms with van der Waals surface area (Å²) in [7, 11) is 0. The highest BCUT2D eigenvalue weighted by atomic mass is 16.5. The van der Waals surface area contributed by atoms with Crippen LogP contribution in [0.4, 0.5) is 0 Å². The maximum Gasteiger partial charge on any atom is 0.310 e. The first kappa shape index (κ1) is 12.4. The Balaban J connectivity index is 1.83. The molecular formula is C19H16O2. The van der Waals surface area contributed by atoms with Crippen LogP contribution in [0.2, 0.25) is 0 Å². The van der Waals surface area contributed by atoms with E-state index < -0.39 is 0 Å². The van der Waals surface area contributed by atoms with Gasteiger partial charge in [0, 0.05) is 0 Å². The predicted molar refractivity (Wildman–Crippen MR) is 81.6 cm³/mol. The van der Waals surface area contributed by atoms with Crippen LogP contribution in [0.3, 0.4) is 0 Å². The monoisotopic (exact) mass is 276 g/mol. The van der Waals surface area contributed by atoms with Gasteiger partial charge < -0.3 is 4.74 Å². The zero-order valence-corrected chi connectivity index (χ0v) is 11.7. The second-order valence-corrected chi connectivity index (χ2v) is 5.81. The molecule has 2 heteroatoms. The number of hydrogen-bond acceptors (Lipinski definition) is 2. The average molecular weight is 276 g/mol. The van der Waals surface area contributed by atoms with E-state index in [9.17, 15) is 4.79 Å². The minimum absolute atomic E-state index is 0.0685. The molecule has 2 unspecified atom stereocenters. The third-order valence-electron chi connectivity index (χ3n) is 4.67. The molecule has 2 aromatic rings. The molecule has 0 amide bonds. The van der Waals surface area contributed by atoms with Crippen LogP contribution < -0.4 is 0 Å². The van der Waals surface area contributed by atoms with Gasteiger partial charge in [-0.1, -0.05) is 66.7 Å². The molecule has 2 aromatic carbocycles. The first-order chi connectivity index (χ1) is 10.3. The number of esters is 1. The van der Waals surface area contributed by atoms with Crippen LogP contribution >= 0.6 is 0 Å². The van der Waals surface area contributed by atoms with E-state index in [2.05, 4.69) is 30.3 Å².